The quantitative estimate of drug-likeness (QED) is 0.398. The highest BCUT2D eigenvalue weighted by Crippen LogP contribution is 2.26. The second-order valence-corrected chi connectivity index (χ2v) is 7.57. The van der Waals surface area contributed by atoms with E-state index in [2.05, 4.69) is 38.0 Å². The Morgan fingerprint density at radius 1 is 1.30 bits per heavy atom. The maximum Gasteiger partial charge on any atom is 0.271 e. The topological polar surface area (TPSA) is 53.9 Å². The van der Waals surface area contributed by atoms with E-state index in [1.807, 2.05) is 13.0 Å². The molecular formula is C20H21FIN3O2. The summed E-state index contributed by atoms with van der Waals surface area (Å²) in [4.78, 5) is 14.3. The van der Waals surface area contributed by atoms with Crippen molar-refractivity contribution in [3.8, 4) is 5.75 Å². The van der Waals surface area contributed by atoms with Crippen LogP contribution < -0.4 is 15.1 Å². The maximum atomic E-state index is 14.4. The van der Waals surface area contributed by atoms with Gasteiger partial charge in [-0.3, -0.25) is 4.79 Å². The summed E-state index contributed by atoms with van der Waals surface area (Å²) >= 11 is 2.13. The minimum atomic E-state index is -0.354. The van der Waals surface area contributed by atoms with Crippen molar-refractivity contribution in [2.45, 2.75) is 19.8 Å². The van der Waals surface area contributed by atoms with Crippen molar-refractivity contribution < 1.29 is 13.9 Å². The van der Waals surface area contributed by atoms with Crippen LogP contribution in [0.25, 0.3) is 0 Å². The number of benzene rings is 2. The lowest BCUT2D eigenvalue weighted by molar-refractivity contribution is 0.0954. The Balaban J connectivity index is 1.70. The molecule has 0 radical (unpaired) electrons. The van der Waals surface area contributed by atoms with Crippen LogP contribution in [0.15, 0.2) is 35.4 Å². The molecule has 27 heavy (non-hydrogen) atoms. The second-order valence-electron chi connectivity index (χ2n) is 6.40. The number of ether oxygens (including phenoxy) is 1. The first-order valence-corrected chi connectivity index (χ1v) is 9.79. The van der Waals surface area contributed by atoms with E-state index in [0.29, 0.717) is 22.6 Å². The summed E-state index contributed by atoms with van der Waals surface area (Å²) in [6.07, 6.45) is 3.65. The standard InChI is InChI=1S/C20H21FIN3O2/c1-13-9-18(25-7-3-4-8-25)16(21)10-15(13)12-23-24-20(26)14-5-6-17(22)19(11-14)27-2/h5-6,9-12H,3-4,7-8H2,1-2H3,(H,24,26)/b23-12+. The first kappa shape index (κ1) is 19.6. The van der Waals surface area contributed by atoms with Crippen LogP contribution in [-0.2, 0) is 0 Å². The van der Waals surface area contributed by atoms with Gasteiger partial charge in [-0.25, -0.2) is 9.82 Å². The number of carbonyl (C=O) groups is 1. The summed E-state index contributed by atoms with van der Waals surface area (Å²) in [5.41, 5.74) is 5.10. The fourth-order valence-corrected chi connectivity index (χ4v) is 3.60. The van der Waals surface area contributed by atoms with Crippen molar-refractivity contribution in [2.75, 3.05) is 25.1 Å². The number of nitrogens with zero attached hydrogens (tertiary/aromatic N) is 2. The molecule has 0 spiro atoms. The largest absolute Gasteiger partial charge is 0.496 e. The molecule has 0 aromatic heterocycles. The van der Waals surface area contributed by atoms with Crippen LogP contribution in [0.4, 0.5) is 10.1 Å². The Morgan fingerprint density at radius 3 is 2.74 bits per heavy atom. The monoisotopic (exact) mass is 481 g/mol. The number of methoxy groups -OCH3 is 1. The van der Waals surface area contributed by atoms with Gasteiger partial charge in [0.25, 0.3) is 5.91 Å². The molecule has 0 unspecified atom stereocenters. The van der Waals surface area contributed by atoms with Gasteiger partial charge in [-0.15, -0.1) is 0 Å². The third-order valence-electron chi connectivity index (χ3n) is 4.57. The van der Waals surface area contributed by atoms with Crippen LogP contribution in [0, 0.1) is 16.3 Å². The SMILES string of the molecule is COc1cc(C(=O)N/N=C/c2cc(F)c(N3CCCC3)cc2C)ccc1I. The van der Waals surface area contributed by atoms with Gasteiger partial charge in [-0.1, -0.05) is 0 Å². The van der Waals surface area contributed by atoms with Gasteiger partial charge < -0.3 is 9.64 Å². The molecule has 3 rings (SSSR count). The van der Waals surface area contributed by atoms with Crippen LogP contribution in [0.5, 0.6) is 5.75 Å². The molecule has 2 aromatic rings. The lowest BCUT2D eigenvalue weighted by Crippen LogP contribution is -2.19. The number of hydrazone groups is 1. The number of hydrogen-bond donors (Lipinski definition) is 1. The lowest BCUT2D eigenvalue weighted by Gasteiger charge is -2.19. The molecule has 1 aliphatic heterocycles. The zero-order chi connectivity index (χ0) is 19.4. The molecule has 142 valence electrons. The van der Waals surface area contributed by atoms with Gasteiger partial charge in [-0.2, -0.15) is 5.10 Å². The molecule has 0 aliphatic carbocycles. The number of carbonyl (C=O) groups excluding carboxylic acids is 1. The van der Waals surface area contributed by atoms with Crippen molar-refractivity contribution in [3.63, 3.8) is 0 Å². The summed E-state index contributed by atoms with van der Waals surface area (Å²) in [6, 6.07) is 8.46. The van der Waals surface area contributed by atoms with E-state index in [4.69, 9.17) is 4.74 Å². The van der Waals surface area contributed by atoms with E-state index in [0.717, 1.165) is 35.1 Å². The average molecular weight is 481 g/mol. The van der Waals surface area contributed by atoms with Crippen LogP contribution in [0.2, 0.25) is 0 Å². The number of halogens is 2. The summed E-state index contributed by atoms with van der Waals surface area (Å²) in [6.45, 7) is 3.69. The van der Waals surface area contributed by atoms with Crippen LogP contribution >= 0.6 is 22.6 Å². The fraction of sp³-hybridized carbons (Fsp3) is 0.300. The van der Waals surface area contributed by atoms with Crippen molar-refractivity contribution in [1.29, 1.82) is 0 Å². The number of anilines is 1. The van der Waals surface area contributed by atoms with Gasteiger partial charge in [0.2, 0.25) is 0 Å². The predicted molar refractivity (Wildman–Crippen MR) is 113 cm³/mol. The zero-order valence-corrected chi connectivity index (χ0v) is 17.4. The Labute approximate surface area is 171 Å². The zero-order valence-electron chi connectivity index (χ0n) is 15.3. The highest BCUT2D eigenvalue weighted by molar-refractivity contribution is 14.1. The molecule has 1 saturated heterocycles. The molecule has 1 heterocycles. The van der Waals surface area contributed by atoms with E-state index in [9.17, 15) is 9.18 Å². The summed E-state index contributed by atoms with van der Waals surface area (Å²) in [7, 11) is 1.56. The van der Waals surface area contributed by atoms with Gasteiger partial charge >= 0.3 is 0 Å². The molecule has 5 nitrogen and oxygen atoms in total. The Bertz CT molecular complexity index is 880. The molecular weight excluding hydrogens is 460 g/mol. The van der Waals surface area contributed by atoms with Crippen molar-refractivity contribution in [2.24, 2.45) is 5.10 Å². The number of rotatable bonds is 5. The third-order valence-corrected chi connectivity index (χ3v) is 5.46. The molecule has 0 atom stereocenters. The molecule has 1 amide bonds. The van der Waals surface area contributed by atoms with Crippen molar-refractivity contribution >= 4 is 40.4 Å². The van der Waals surface area contributed by atoms with Gasteiger partial charge in [-0.05, 0) is 78.3 Å². The van der Waals surface area contributed by atoms with Crippen LogP contribution in [0.1, 0.15) is 34.3 Å². The number of nitrogens with one attached hydrogen (secondary N) is 1. The fourth-order valence-electron chi connectivity index (χ4n) is 3.05. The maximum absolute atomic E-state index is 14.4. The summed E-state index contributed by atoms with van der Waals surface area (Å²) in [5, 5.41) is 3.98. The molecule has 0 bridgehead atoms. The Kier molecular flexibility index (Phi) is 6.30. The predicted octanol–water partition coefficient (Wildman–Crippen LogP) is 4.11. The summed E-state index contributed by atoms with van der Waals surface area (Å²) < 4.78 is 20.6. The minimum Gasteiger partial charge on any atom is -0.496 e. The first-order chi connectivity index (χ1) is 13.0. The highest BCUT2D eigenvalue weighted by atomic mass is 127. The second kappa shape index (κ2) is 8.69. The molecule has 0 saturated carbocycles. The average Bonchev–Trinajstić information content (AvgIpc) is 3.19. The third kappa shape index (κ3) is 4.58. The van der Waals surface area contributed by atoms with E-state index in [1.54, 1.807) is 25.3 Å². The highest BCUT2D eigenvalue weighted by Gasteiger charge is 2.17. The molecule has 1 fully saturated rings. The van der Waals surface area contributed by atoms with E-state index < -0.39 is 0 Å². The molecule has 1 N–H and O–H groups in total. The van der Waals surface area contributed by atoms with Crippen LogP contribution in [-0.4, -0.2) is 32.3 Å². The molecule has 2 aromatic carbocycles. The van der Waals surface area contributed by atoms with Crippen molar-refractivity contribution in [3.05, 3.63) is 56.4 Å². The molecule has 1 aliphatic rings. The smallest absolute Gasteiger partial charge is 0.271 e. The van der Waals surface area contributed by atoms with E-state index in [1.165, 1.54) is 12.3 Å². The van der Waals surface area contributed by atoms with Gasteiger partial charge in [0.1, 0.15) is 11.6 Å². The number of aryl methyl sites for hydroxylation is 1. The Hall–Kier alpha value is -2.16. The number of hydrogen-bond acceptors (Lipinski definition) is 4. The Morgan fingerprint density at radius 2 is 2.04 bits per heavy atom. The van der Waals surface area contributed by atoms with E-state index >= 15 is 0 Å². The van der Waals surface area contributed by atoms with Gasteiger partial charge in [0.05, 0.1) is 22.6 Å². The van der Waals surface area contributed by atoms with Gasteiger partial charge in [0, 0.05) is 24.2 Å². The van der Waals surface area contributed by atoms with Crippen LogP contribution in [0.3, 0.4) is 0 Å². The number of amides is 1. The van der Waals surface area contributed by atoms with Gasteiger partial charge in [0.15, 0.2) is 0 Å². The van der Waals surface area contributed by atoms with Crippen molar-refractivity contribution in [1.82, 2.24) is 5.43 Å². The minimum absolute atomic E-state index is 0.266. The first-order valence-electron chi connectivity index (χ1n) is 8.71. The summed E-state index contributed by atoms with van der Waals surface area (Å²) in [5.74, 6) is 0.00746. The molecule has 7 heteroatoms. The van der Waals surface area contributed by atoms with E-state index in [-0.39, 0.29) is 11.7 Å². The lowest BCUT2D eigenvalue weighted by atomic mass is 10.1. The normalized spacial score (nSPS) is 14.0.